The number of hydrogen-bond acceptors (Lipinski definition) is 5. The number of nitrogens with zero attached hydrogens (tertiary/aromatic N) is 4. The fourth-order valence-corrected chi connectivity index (χ4v) is 2.97. The zero-order valence-electron chi connectivity index (χ0n) is 14.1. The van der Waals surface area contributed by atoms with Crippen molar-refractivity contribution in [2.45, 2.75) is 6.92 Å². The maximum absolute atomic E-state index is 13.3. The summed E-state index contributed by atoms with van der Waals surface area (Å²) in [6, 6.07) is 10.3. The van der Waals surface area contributed by atoms with Crippen LogP contribution in [0.25, 0.3) is 11.0 Å². The minimum Gasteiger partial charge on any atom is -0.355 e. The first kappa shape index (κ1) is 18.4. The molecule has 0 aliphatic rings. The second kappa shape index (κ2) is 8.35. The van der Waals surface area contributed by atoms with E-state index in [2.05, 4.69) is 42.9 Å². The zero-order valence-corrected chi connectivity index (χ0v) is 16.3. The number of rotatable bonds is 6. The van der Waals surface area contributed by atoms with Gasteiger partial charge >= 0.3 is 0 Å². The Bertz CT molecular complexity index is 936. The summed E-state index contributed by atoms with van der Waals surface area (Å²) < 4.78 is 14.3. The van der Waals surface area contributed by atoms with E-state index in [0.29, 0.717) is 31.0 Å². The molecule has 2 heterocycles. The van der Waals surface area contributed by atoms with Gasteiger partial charge in [-0.25, -0.2) is 9.97 Å². The van der Waals surface area contributed by atoms with Crippen LogP contribution in [-0.2, 0) is 0 Å². The third-order valence-corrected chi connectivity index (χ3v) is 4.48. The summed E-state index contributed by atoms with van der Waals surface area (Å²) in [7, 11) is 0. The lowest BCUT2D eigenvalue weighted by Crippen LogP contribution is -2.35. The molecule has 26 heavy (non-hydrogen) atoms. The lowest BCUT2D eigenvalue weighted by molar-refractivity contribution is 0.0949. The van der Waals surface area contributed by atoms with Gasteiger partial charge in [-0.15, -0.1) is 0 Å². The molecule has 6 nitrogen and oxygen atoms in total. The number of likely N-dealkylation sites (N-methyl/N-ethyl adjacent to an activating group) is 1. The number of fused-ring (bicyclic) bond motifs is 1. The first-order valence-corrected chi connectivity index (χ1v) is 9.22. The minimum atomic E-state index is -0.522. The average molecular weight is 465 g/mol. The predicted octanol–water partition coefficient (Wildman–Crippen LogP) is 3.02. The van der Waals surface area contributed by atoms with Crippen LogP contribution in [0.15, 0.2) is 42.6 Å². The van der Waals surface area contributed by atoms with E-state index in [1.807, 2.05) is 30.0 Å². The third kappa shape index (κ3) is 4.43. The van der Waals surface area contributed by atoms with Crippen LogP contribution < -0.4 is 10.2 Å². The fraction of sp³-hybridized carbons (Fsp3) is 0.222. The highest BCUT2D eigenvalue weighted by molar-refractivity contribution is 14.1. The topological polar surface area (TPSA) is 71.0 Å². The van der Waals surface area contributed by atoms with Crippen molar-refractivity contribution in [3.8, 4) is 0 Å². The number of carbonyl (C=O) groups is 1. The highest BCUT2D eigenvalue weighted by atomic mass is 127. The summed E-state index contributed by atoms with van der Waals surface area (Å²) in [6.07, 6.45) is 1.47. The molecule has 0 aliphatic carbocycles. The maximum atomic E-state index is 13.3. The lowest BCUT2D eigenvalue weighted by atomic mass is 10.3. The van der Waals surface area contributed by atoms with E-state index in [0.717, 1.165) is 9.09 Å². The first-order valence-electron chi connectivity index (χ1n) is 8.15. The summed E-state index contributed by atoms with van der Waals surface area (Å²) in [4.78, 5) is 26.7. The van der Waals surface area contributed by atoms with Crippen molar-refractivity contribution in [3.05, 3.63) is 57.8 Å². The molecule has 2 aromatic heterocycles. The van der Waals surface area contributed by atoms with E-state index >= 15 is 0 Å². The Labute approximate surface area is 164 Å². The molecule has 0 radical (unpaired) electrons. The molecule has 0 aliphatic heterocycles. The lowest BCUT2D eigenvalue weighted by Gasteiger charge is -2.21. The molecule has 8 heteroatoms. The summed E-state index contributed by atoms with van der Waals surface area (Å²) in [5.41, 5.74) is 1.70. The molecule has 0 saturated carbocycles. The van der Waals surface area contributed by atoms with Crippen LogP contribution in [0.2, 0.25) is 0 Å². The van der Waals surface area contributed by atoms with Crippen LogP contribution in [0.5, 0.6) is 0 Å². The van der Waals surface area contributed by atoms with Crippen molar-refractivity contribution in [1.29, 1.82) is 0 Å². The van der Waals surface area contributed by atoms with Gasteiger partial charge < -0.3 is 10.2 Å². The van der Waals surface area contributed by atoms with Crippen LogP contribution >= 0.6 is 22.6 Å². The molecule has 1 aromatic carbocycles. The number of hydrogen-bond donors (Lipinski definition) is 1. The minimum absolute atomic E-state index is 0.269. The van der Waals surface area contributed by atoms with E-state index < -0.39 is 5.95 Å². The van der Waals surface area contributed by atoms with Gasteiger partial charge in [-0.1, -0.05) is 6.07 Å². The van der Waals surface area contributed by atoms with Gasteiger partial charge in [0, 0.05) is 23.2 Å². The Morgan fingerprint density at radius 2 is 2.08 bits per heavy atom. The van der Waals surface area contributed by atoms with Gasteiger partial charge in [0.2, 0.25) is 5.95 Å². The molecular weight excluding hydrogens is 448 g/mol. The van der Waals surface area contributed by atoms with Crippen molar-refractivity contribution < 1.29 is 9.18 Å². The van der Waals surface area contributed by atoms with Crippen molar-refractivity contribution in [2.24, 2.45) is 0 Å². The Balaban J connectivity index is 1.62. The number of pyridine rings is 1. The molecule has 1 amide bonds. The van der Waals surface area contributed by atoms with Gasteiger partial charge in [-0.05, 0) is 59.8 Å². The van der Waals surface area contributed by atoms with Crippen molar-refractivity contribution >= 4 is 45.3 Å². The van der Waals surface area contributed by atoms with Crippen LogP contribution in [-0.4, -0.2) is 40.5 Å². The third-order valence-electron chi connectivity index (χ3n) is 3.81. The Morgan fingerprint density at radius 3 is 2.85 bits per heavy atom. The predicted molar refractivity (Wildman–Crippen MR) is 107 cm³/mol. The van der Waals surface area contributed by atoms with Gasteiger partial charge in [-0.3, -0.25) is 9.78 Å². The molecule has 0 spiro atoms. The van der Waals surface area contributed by atoms with Crippen LogP contribution in [0.1, 0.15) is 17.4 Å². The summed E-state index contributed by atoms with van der Waals surface area (Å²) in [5.74, 6) is -0.269. The molecule has 0 bridgehead atoms. The average Bonchev–Trinajstić information content (AvgIpc) is 2.64. The Kier molecular flexibility index (Phi) is 5.92. The highest BCUT2D eigenvalue weighted by Gasteiger charge is 2.11. The van der Waals surface area contributed by atoms with Gasteiger partial charge in [0.15, 0.2) is 0 Å². The van der Waals surface area contributed by atoms with Gasteiger partial charge in [0.1, 0.15) is 11.5 Å². The summed E-state index contributed by atoms with van der Waals surface area (Å²) >= 11 is 2.20. The fourth-order valence-electron chi connectivity index (χ4n) is 2.50. The largest absolute Gasteiger partial charge is 0.355 e. The standard InChI is InChI=1S/C18H17FIN5O/c1-2-25(17-5-3-4-16(19)24-17)9-8-21-18(26)15-11-22-14-10-12(20)6-7-13(14)23-15/h3-7,10-11H,2,8-9H2,1H3,(H,21,26). The number of halogens is 2. The van der Waals surface area contributed by atoms with E-state index in [9.17, 15) is 9.18 Å². The molecule has 134 valence electrons. The van der Waals surface area contributed by atoms with Crippen molar-refractivity contribution in [1.82, 2.24) is 20.3 Å². The molecule has 3 aromatic rings. The molecule has 0 unspecified atom stereocenters. The Hall–Kier alpha value is -2.36. The second-order valence-corrected chi connectivity index (χ2v) is 6.79. The number of anilines is 1. The van der Waals surface area contributed by atoms with Crippen molar-refractivity contribution in [2.75, 3.05) is 24.5 Å². The van der Waals surface area contributed by atoms with Gasteiger partial charge in [0.05, 0.1) is 17.2 Å². The number of benzene rings is 1. The molecule has 0 atom stereocenters. The van der Waals surface area contributed by atoms with Crippen LogP contribution in [0.3, 0.4) is 0 Å². The van der Waals surface area contributed by atoms with E-state index in [1.54, 1.807) is 12.1 Å². The number of aromatic nitrogens is 3. The summed E-state index contributed by atoms with van der Waals surface area (Å²) in [5, 5.41) is 2.82. The normalized spacial score (nSPS) is 10.7. The monoisotopic (exact) mass is 465 g/mol. The molecular formula is C18H17FIN5O. The van der Waals surface area contributed by atoms with Crippen molar-refractivity contribution in [3.63, 3.8) is 0 Å². The Morgan fingerprint density at radius 1 is 1.23 bits per heavy atom. The SMILES string of the molecule is CCN(CCNC(=O)c1cnc2cc(I)ccc2n1)c1cccc(F)n1. The summed E-state index contributed by atoms with van der Waals surface area (Å²) in [6.45, 7) is 3.50. The maximum Gasteiger partial charge on any atom is 0.271 e. The zero-order chi connectivity index (χ0) is 18.5. The van der Waals surface area contributed by atoms with E-state index in [4.69, 9.17) is 0 Å². The number of amides is 1. The quantitative estimate of drug-likeness (QED) is 0.448. The van der Waals surface area contributed by atoms with E-state index in [-0.39, 0.29) is 11.6 Å². The van der Waals surface area contributed by atoms with Crippen LogP contribution in [0, 0.1) is 9.52 Å². The first-order chi connectivity index (χ1) is 12.6. The van der Waals surface area contributed by atoms with E-state index in [1.165, 1.54) is 12.3 Å². The smallest absolute Gasteiger partial charge is 0.271 e. The second-order valence-electron chi connectivity index (χ2n) is 5.54. The molecule has 1 N–H and O–H groups in total. The highest BCUT2D eigenvalue weighted by Crippen LogP contribution is 2.14. The number of nitrogens with one attached hydrogen (secondary N) is 1. The number of carbonyl (C=O) groups excluding carboxylic acids is 1. The molecule has 0 saturated heterocycles. The molecule has 3 rings (SSSR count). The van der Waals surface area contributed by atoms with Gasteiger partial charge in [-0.2, -0.15) is 4.39 Å². The molecule has 0 fully saturated rings. The van der Waals surface area contributed by atoms with Gasteiger partial charge in [0.25, 0.3) is 5.91 Å². The van der Waals surface area contributed by atoms with Crippen LogP contribution in [0.4, 0.5) is 10.2 Å².